The van der Waals surface area contributed by atoms with Gasteiger partial charge < -0.3 is 12.8 Å². The summed E-state index contributed by atoms with van der Waals surface area (Å²) in [6.07, 6.45) is 12.5. The van der Waals surface area contributed by atoms with Crippen LogP contribution in [0.5, 0.6) is 0 Å². The SMILES string of the molecule is [CH-]1CCC2CC[CH-]C23CC13. The van der Waals surface area contributed by atoms with Gasteiger partial charge in [-0.3, -0.25) is 0 Å². The van der Waals surface area contributed by atoms with Gasteiger partial charge in [-0.15, -0.1) is 6.42 Å². The van der Waals surface area contributed by atoms with Crippen LogP contribution in [0, 0.1) is 30.1 Å². The molecule has 0 N–H and O–H groups in total. The molecule has 10 heavy (non-hydrogen) atoms. The quantitative estimate of drug-likeness (QED) is 0.447. The van der Waals surface area contributed by atoms with Gasteiger partial charge in [0.2, 0.25) is 0 Å². The standard InChI is InChI=1S/C10H14/c1-3-8-5-2-6-10(8)7-9(10)4-1/h4,6,8-9H,1-3,5,7H2/q-2. The van der Waals surface area contributed by atoms with Crippen molar-refractivity contribution in [3.8, 4) is 0 Å². The first-order valence-corrected chi connectivity index (χ1v) is 4.59. The lowest BCUT2D eigenvalue weighted by atomic mass is 9.81. The van der Waals surface area contributed by atoms with Crippen molar-refractivity contribution in [1.29, 1.82) is 0 Å². The average Bonchev–Trinajstić information content (AvgIpc) is 2.51. The Hall–Kier alpha value is 0. The molecule has 3 atom stereocenters. The van der Waals surface area contributed by atoms with Crippen LogP contribution in [-0.4, -0.2) is 0 Å². The van der Waals surface area contributed by atoms with Crippen LogP contribution in [0.1, 0.15) is 32.1 Å². The Labute approximate surface area is 63.0 Å². The molecular weight excluding hydrogens is 120 g/mol. The highest BCUT2D eigenvalue weighted by Crippen LogP contribution is 2.69. The maximum atomic E-state index is 2.62. The Morgan fingerprint density at radius 1 is 1.20 bits per heavy atom. The molecule has 56 valence electrons. The largest absolute Gasteiger partial charge is 0.327 e. The van der Waals surface area contributed by atoms with Crippen LogP contribution in [0.2, 0.25) is 0 Å². The van der Waals surface area contributed by atoms with Crippen LogP contribution in [0.15, 0.2) is 0 Å². The summed E-state index contributed by atoms with van der Waals surface area (Å²) in [5.74, 6) is 2.12. The first-order chi connectivity index (χ1) is 4.92. The summed E-state index contributed by atoms with van der Waals surface area (Å²) in [5.41, 5.74) is 0.776. The number of rotatable bonds is 0. The van der Waals surface area contributed by atoms with Gasteiger partial charge in [0.25, 0.3) is 0 Å². The molecule has 3 aliphatic rings. The van der Waals surface area contributed by atoms with Gasteiger partial charge in [0.05, 0.1) is 0 Å². The maximum absolute atomic E-state index is 2.62. The summed E-state index contributed by atoms with van der Waals surface area (Å²) >= 11 is 0. The summed E-state index contributed by atoms with van der Waals surface area (Å²) < 4.78 is 0. The lowest BCUT2D eigenvalue weighted by molar-refractivity contribution is 0.320. The fourth-order valence-electron chi connectivity index (χ4n) is 3.23. The summed E-state index contributed by atoms with van der Waals surface area (Å²) in [6.45, 7) is 0. The van der Waals surface area contributed by atoms with E-state index in [0.717, 1.165) is 17.3 Å². The normalized spacial score (nSPS) is 57.6. The van der Waals surface area contributed by atoms with E-state index in [9.17, 15) is 0 Å². The van der Waals surface area contributed by atoms with Crippen molar-refractivity contribution in [2.45, 2.75) is 32.1 Å². The fraction of sp³-hybridized carbons (Fsp3) is 0.800. The van der Waals surface area contributed by atoms with E-state index in [0.29, 0.717) is 0 Å². The first-order valence-electron chi connectivity index (χ1n) is 4.59. The average molecular weight is 134 g/mol. The molecule has 0 heterocycles. The van der Waals surface area contributed by atoms with Crippen LogP contribution in [0.25, 0.3) is 0 Å². The van der Waals surface area contributed by atoms with E-state index >= 15 is 0 Å². The molecule has 0 aromatic rings. The van der Waals surface area contributed by atoms with Gasteiger partial charge >= 0.3 is 0 Å². The second-order valence-corrected chi connectivity index (χ2v) is 4.21. The third kappa shape index (κ3) is 0.500. The van der Waals surface area contributed by atoms with Crippen molar-refractivity contribution in [3.63, 3.8) is 0 Å². The zero-order valence-corrected chi connectivity index (χ0v) is 6.34. The number of hydrogen-bond acceptors (Lipinski definition) is 0. The highest BCUT2D eigenvalue weighted by atomic mass is 14.7. The van der Waals surface area contributed by atoms with Gasteiger partial charge in [0.1, 0.15) is 0 Å². The lowest BCUT2D eigenvalue weighted by Gasteiger charge is -2.37. The first kappa shape index (κ1) is 5.62. The van der Waals surface area contributed by atoms with Crippen LogP contribution in [0.4, 0.5) is 0 Å². The van der Waals surface area contributed by atoms with Gasteiger partial charge in [0.15, 0.2) is 0 Å². The second-order valence-electron chi connectivity index (χ2n) is 4.21. The minimum absolute atomic E-state index is 0.776. The van der Waals surface area contributed by atoms with Crippen LogP contribution < -0.4 is 0 Å². The zero-order valence-electron chi connectivity index (χ0n) is 6.34. The minimum atomic E-state index is 0.776. The highest BCUT2D eigenvalue weighted by molar-refractivity contribution is 5.23. The van der Waals surface area contributed by atoms with Gasteiger partial charge in [-0.25, -0.2) is 0 Å². The summed E-state index contributed by atoms with van der Waals surface area (Å²) in [6, 6.07) is 0. The Bertz CT molecular complexity index is 161. The van der Waals surface area contributed by atoms with E-state index in [1.54, 1.807) is 0 Å². The minimum Gasteiger partial charge on any atom is -0.327 e. The Morgan fingerprint density at radius 3 is 3.00 bits per heavy atom. The molecule has 3 fully saturated rings. The Kier molecular flexibility index (Phi) is 0.898. The van der Waals surface area contributed by atoms with Crippen LogP contribution in [0.3, 0.4) is 0 Å². The second kappa shape index (κ2) is 1.60. The van der Waals surface area contributed by atoms with Crippen molar-refractivity contribution in [1.82, 2.24) is 0 Å². The van der Waals surface area contributed by atoms with E-state index in [-0.39, 0.29) is 0 Å². The molecular formula is C10H14-2. The van der Waals surface area contributed by atoms with E-state index in [4.69, 9.17) is 0 Å². The molecule has 3 unspecified atom stereocenters. The third-order valence-electron chi connectivity index (χ3n) is 3.87. The zero-order chi connectivity index (χ0) is 6.60. The molecule has 0 nitrogen and oxygen atoms in total. The number of hydrogen-bond donors (Lipinski definition) is 0. The predicted octanol–water partition coefficient (Wildman–Crippen LogP) is 2.61. The molecule has 0 amide bonds. The van der Waals surface area contributed by atoms with Crippen LogP contribution in [-0.2, 0) is 0 Å². The Morgan fingerprint density at radius 2 is 2.10 bits per heavy atom. The lowest BCUT2D eigenvalue weighted by Crippen LogP contribution is -2.16. The van der Waals surface area contributed by atoms with E-state index in [1.807, 2.05) is 0 Å². The molecule has 0 bridgehead atoms. The molecule has 0 saturated heterocycles. The topological polar surface area (TPSA) is 0 Å². The van der Waals surface area contributed by atoms with Crippen molar-refractivity contribution < 1.29 is 0 Å². The van der Waals surface area contributed by atoms with E-state index in [2.05, 4.69) is 12.8 Å². The van der Waals surface area contributed by atoms with Crippen molar-refractivity contribution in [2.24, 2.45) is 17.3 Å². The molecule has 3 rings (SSSR count). The summed E-state index contributed by atoms with van der Waals surface area (Å²) in [4.78, 5) is 0. The maximum Gasteiger partial charge on any atom is -0.0701 e. The molecule has 0 radical (unpaired) electrons. The van der Waals surface area contributed by atoms with E-state index in [1.165, 1.54) is 32.1 Å². The predicted molar refractivity (Wildman–Crippen MR) is 41.1 cm³/mol. The van der Waals surface area contributed by atoms with Gasteiger partial charge in [-0.1, -0.05) is 18.8 Å². The molecule has 0 aromatic heterocycles. The van der Waals surface area contributed by atoms with Crippen molar-refractivity contribution >= 4 is 0 Å². The monoisotopic (exact) mass is 134 g/mol. The van der Waals surface area contributed by atoms with Crippen LogP contribution >= 0.6 is 0 Å². The molecule has 0 aliphatic heterocycles. The van der Waals surface area contributed by atoms with Crippen molar-refractivity contribution in [3.05, 3.63) is 12.8 Å². The van der Waals surface area contributed by atoms with Gasteiger partial charge in [-0.05, 0) is 0 Å². The summed E-state index contributed by atoms with van der Waals surface area (Å²) in [7, 11) is 0. The molecule has 0 aromatic carbocycles. The highest BCUT2D eigenvalue weighted by Gasteiger charge is 2.48. The summed E-state index contributed by atoms with van der Waals surface area (Å²) in [5, 5.41) is 0. The van der Waals surface area contributed by atoms with E-state index < -0.39 is 0 Å². The Balaban J connectivity index is 1.91. The molecule has 3 saturated carbocycles. The van der Waals surface area contributed by atoms with Gasteiger partial charge in [0, 0.05) is 0 Å². The van der Waals surface area contributed by atoms with Crippen molar-refractivity contribution in [2.75, 3.05) is 0 Å². The fourth-order valence-corrected chi connectivity index (χ4v) is 3.23. The smallest absolute Gasteiger partial charge is 0.0701 e. The van der Waals surface area contributed by atoms with Gasteiger partial charge in [-0.2, -0.15) is 24.2 Å². The molecule has 3 aliphatic carbocycles. The third-order valence-corrected chi connectivity index (χ3v) is 3.87. The molecule has 0 heteroatoms. The molecule has 1 spiro atoms.